The molecule has 0 heterocycles. The van der Waals surface area contributed by atoms with Crippen LogP contribution in [0.4, 0.5) is 13.2 Å². The van der Waals surface area contributed by atoms with E-state index in [9.17, 15) is 18.3 Å². The molecule has 0 saturated carbocycles. The summed E-state index contributed by atoms with van der Waals surface area (Å²) in [5, 5.41) is 10.2. The van der Waals surface area contributed by atoms with Gasteiger partial charge in [-0.15, -0.1) is 0 Å². The lowest BCUT2D eigenvalue weighted by Gasteiger charge is -1.92. The number of halogens is 3. The van der Waals surface area contributed by atoms with Crippen molar-refractivity contribution < 1.29 is 18.3 Å². The Morgan fingerprint density at radius 1 is 1.00 bits per heavy atom. The minimum absolute atomic E-state index is 0.339. The van der Waals surface area contributed by atoms with E-state index in [2.05, 4.69) is 0 Å². The molecule has 0 aliphatic carbocycles. The van der Waals surface area contributed by atoms with Gasteiger partial charge in [0.05, 0.1) is 0 Å². The maximum absolute atomic E-state index is 12.0. The van der Waals surface area contributed by atoms with E-state index in [0.717, 1.165) is 0 Å². The minimum Gasteiger partial charge on any atom is -0.283 e. The molecular formula is C6H2F3O. The second-order valence-corrected chi connectivity index (χ2v) is 1.70. The molecular weight excluding hydrogens is 145 g/mol. The molecule has 0 spiro atoms. The van der Waals surface area contributed by atoms with Gasteiger partial charge in [0.2, 0.25) is 5.75 Å². The molecule has 0 aromatic heterocycles. The Labute approximate surface area is 54.7 Å². The van der Waals surface area contributed by atoms with E-state index < -0.39 is 23.2 Å². The van der Waals surface area contributed by atoms with Gasteiger partial charge in [-0.1, -0.05) is 0 Å². The van der Waals surface area contributed by atoms with Crippen LogP contribution >= 0.6 is 0 Å². The van der Waals surface area contributed by atoms with Crippen molar-refractivity contribution >= 4 is 0 Å². The molecule has 10 heavy (non-hydrogen) atoms. The highest BCUT2D eigenvalue weighted by Crippen LogP contribution is 2.20. The van der Waals surface area contributed by atoms with Gasteiger partial charge in [0.25, 0.3) is 0 Å². The fraction of sp³-hybridized carbons (Fsp3) is 0. The van der Waals surface area contributed by atoms with Crippen LogP contribution in [0.1, 0.15) is 0 Å². The molecule has 1 aromatic rings. The lowest BCUT2D eigenvalue weighted by molar-refractivity contribution is 0.303. The molecule has 4 heteroatoms. The summed E-state index contributed by atoms with van der Waals surface area (Å²) < 4.78 is 36.1. The van der Waals surface area contributed by atoms with Gasteiger partial charge in [-0.3, -0.25) is 5.11 Å². The normalized spacial score (nSPS) is 9.90. The quantitative estimate of drug-likeness (QED) is 0.536. The van der Waals surface area contributed by atoms with Crippen LogP contribution in [0.5, 0.6) is 5.75 Å². The molecule has 0 atom stereocenters. The maximum atomic E-state index is 12.0. The van der Waals surface area contributed by atoms with Crippen molar-refractivity contribution in [1.82, 2.24) is 0 Å². The van der Waals surface area contributed by atoms with Gasteiger partial charge in [-0.25, -0.2) is 13.2 Å². The van der Waals surface area contributed by atoms with Crippen molar-refractivity contribution in [2.24, 2.45) is 0 Å². The Morgan fingerprint density at radius 3 is 1.80 bits per heavy atom. The summed E-state index contributed by atoms with van der Waals surface area (Å²) in [5.74, 6) is -5.30. The lowest BCUT2D eigenvalue weighted by atomic mass is 10.3. The Balaban J connectivity index is 3.31. The Kier molecular flexibility index (Phi) is 1.53. The molecule has 0 saturated heterocycles. The van der Waals surface area contributed by atoms with Crippen LogP contribution in [-0.2, 0) is 5.11 Å². The average molecular weight is 147 g/mol. The Bertz CT molecular complexity index is 236. The molecule has 1 aromatic carbocycles. The number of hydrogen-bond acceptors (Lipinski definition) is 0. The van der Waals surface area contributed by atoms with Crippen LogP contribution in [0, 0.1) is 17.5 Å². The second kappa shape index (κ2) is 2.21. The molecule has 0 amide bonds. The first kappa shape index (κ1) is 6.92. The SMILES string of the molecule is [O]c1c(F)cc(F)cc1F. The van der Waals surface area contributed by atoms with Crippen molar-refractivity contribution in [1.29, 1.82) is 0 Å². The number of hydrogen-bond donors (Lipinski definition) is 0. The topological polar surface area (TPSA) is 19.9 Å². The van der Waals surface area contributed by atoms with E-state index in [1.165, 1.54) is 0 Å². The highest BCUT2D eigenvalue weighted by Gasteiger charge is 2.10. The van der Waals surface area contributed by atoms with E-state index in [4.69, 9.17) is 0 Å². The molecule has 1 radical (unpaired) electrons. The summed E-state index contributed by atoms with van der Waals surface area (Å²) in [6.45, 7) is 0. The first-order valence-corrected chi connectivity index (χ1v) is 2.43. The summed E-state index contributed by atoms with van der Waals surface area (Å²) in [6, 6.07) is 0.677. The van der Waals surface area contributed by atoms with Gasteiger partial charge in [-0.05, 0) is 0 Å². The Morgan fingerprint density at radius 2 is 1.40 bits per heavy atom. The monoisotopic (exact) mass is 147 g/mol. The largest absolute Gasteiger partial charge is 0.283 e. The zero-order valence-electron chi connectivity index (χ0n) is 4.70. The smallest absolute Gasteiger partial charge is 0.249 e. The molecule has 0 bridgehead atoms. The molecule has 0 aliphatic heterocycles. The zero-order chi connectivity index (χ0) is 7.72. The summed E-state index contributed by atoms with van der Waals surface area (Å²) in [4.78, 5) is 0. The van der Waals surface area contributed by atoms with E-state index in [1.54, 1.807) is 0 Å². The van der Waals surface area contributed by atoms with Crippen molar-refractivity contribution in [2.75, 3.05) is 0 Å². The van der Waals surface area contributed by atoms with E-state index >= 15 is 0 Å². The molecule has 0 fully saturated rings. The van der Waals surface area contributed by atoms with E-state index in [1.807, 2.05) is 0 Å². The third-order valence-corrected chi connectivity index (χ3v) is 0.963. The first-order chi connectivity index (χ1) is 4.61. The predicted molar refractivity (Wildman–Crippen MR) is 26.4 cm³/mol. The van der Waals surface area contributed by atoms with Crippen LogP contribution in [0.15, 0.2) is 12.1 Å². The molecule has 0 aliphatic rings. The summed E-state index contributed by atoms with van der Waals surface area (Å²) in [7, 11) is 0. The molecule has 0 unspecified atom stereocenters. The highest BCUT2D eigenvalue weighted by molar-refractivity contribution is 5.24. The second-order valence-electron chi connectivity index (χ2n) is 1.70. The lowest BCUT2D eigenvalue weighted by Crippen LogP contribution is -1.83. The average Bonchev–Trinajstić information content (AvgIpc) is 1.82. The molecule has 53 valence electrons. The van der Waals surface area contributed by atoms with Crippen LogP contribution in [0.2, 0.25) is 0 Å². The van der Waals surface area contributed by atoms with Gasteiger partial charge >= 0.3 is 0 Å². The maximum Gasteiger partial charge on any atom is 0.249 e. The molecule has 1 rings (SSSR count). The van der Waals surface area contributed by atoms with Crippen molar-refractivity contribution in [2.45, 2.75) is 0 Å². The van der Waals surface area contributed by atoms with Gasteiger partial charge in [-0.2, -0.15) is 0 Å². The van der Waals surface area contributed by atoms with Crippen LogP contribution in [-0.4, -0.2) is 0 Å². The van der Waals surface area contributed by atoms with Gasteiger partial charge in [0.1, 0.15) is 5.82 Å². The third-order valence-electron chi connectivity index (χ3n) is 0.963. The van der Waals surface area contributed by atoms with Crippen LogP contribution < -0.4 is 0 Å². The van der Waals surface area contributed by atoms with Crippen molar-refractivity contribution in [3.05, 3.63) is 29.6 Å². The fourth-order valence-corrected chi connectivity index (χ4v) is 0.529. The first-order valence-electron chi connectivity index (χ1n) is 2.43. The highest BCUT2D eigenvalue weighted by atomic mass is 19.1. The summed E-state index contributed by atoms with van der Waals surface area (Å²) in [6.07, 6.45) is 0. The number of rotatable bonds is 0. The fourth-order valence-electron chi connectivity index (χ4n) is 0.529. The van der Waals surface area contributed by atoms with Crippen LogP contribution in [0.25, 0.3) is 0 Å². The summed E-state index contributed by atoms with van der Waals surface area (Å²) in [5.41, 5.74) is 0. The third kappa shape index (κ3) is 1.05. The van der Waals surface area contributed by atoms with E-state index in [0.29, 0.717) is 12.1 Å². The van der Waals surface area contributed by atoms with Crippen molar-refractivity contribution in [3.63, 3.8) is 0 Å². The van der Waals surface area contributed by atoms with Crippen molar-refractivity contribution in [3.8, 4) is 5.75 Å². The standard InChI is InChI=1S/C6H2F3O/c7-3-1-4(8)6(10)5(9)2-3/h1-2H. The predicted octanol–water partition coefficient (Wildman–Crippen LogP) is 2.25. The van der Waals surface area contributed by atoms with Gasteiger partial charge in [0, 0.05) is 12.1 Å². The van der Waals surface area contributed by atoms with Crippen LogP contribution in [0.3, 0.4) is 0 Å². The van der Waals surface area contributed by atoms with Gasteiger partial charge < -0.3 is 0 Å². The van der Waals surface area contributed by atoms with E-state index in [-0.39, 0.29) is 0 Å². The number of benzene rings is 1. The minimum atomic E-state index is -1.41. The Hall–Kier alpha value is -1.19. The van der Waals surface area contributed by atoms with Gasteiger partial charge in [0.15, 0.2) is 11.6 Å². The summed E-state index contributed by atoms with van der Waals surface area (Å²) >= 11 is 0. The molecule has 0 N–H and O–H groups in total. The molecule has 1 nitrogen and oxygen atoms in total. The zero-order valence-corrected chi connectivity index (χ0v) is 4.70.